The van der Waals surface area contributed by atoms with Gasteiger partial charge < -0.3 is 0 Å². The number of cyclic esters (lactones) is 1. The molecule has 0 aromatic heterocycles. The summed E-state index contributed by atoms with van der Waals surface area (Å²) in [5.74, 6) is -0.173. The number of rotatable bonds is 2. The molecule has 1 aliphatic rings. The van der Waals surface area contributed by atoms with Gasteiger partial charge in [-0.2, -0.15) is 0 Å². The van der Waals surface area contributed by atoms with Crippen LogP contribution in [0.5, 0.6) is 0 Å². The molecule has 0 amide bonds. The van der Waals surface area contributed by atoms with Crippen LogP contribution in [-0.2, 0) is 9.53 Å². The molecule has 0 aliphatic carbocycles. The van der Waals surface area contributed by atoms with Crippen molar-refractivity contribution in [1.29, 1.82) is 0 Å². The molecule has 3 unspecified atom stereocenters. The zero-order valence-corrected chi connectivity index (χ0v) is 9.08. The second-order valence-corrected chi connectivity index (χ2v) is 5.19. The molecule has 3 atom stereocenters. The van der Waals surface area contributed by atoms with Crippen LogP contribution in [-0.4, -0.2) is 28.1 Å². The van der Waals surface area contributed by atoms with Gasteiger partial charge in [-0.05, 0) is 0 Å². The molecule has 1 radical (unpaired) electrons. The molecular formula is C9H13O2Se. The molecule has 1 aliphatic heterocycles. The van der Waals surface area contributed by atoms with Gasteiger partial charge in [0.05, 0.1) is 0 Å². The van der Waals surface area contributed by atoms with Gasteiger partial charge in [0.25, 0.3) is 0 Å². The molecule has 0 spiro atoms. The number of allylic oxidation sites excluding steroid dienone is 1. The maximum atomic E-state index is 11.3. The summed E-state index contributed by atoms with van der Waals surface area (Å²) in [5.41, 5.74) is 0. The summed E-state index contributed by atoms with van der Waals surface area (Å²) in [5, 5.41) is 0. The monoisotopic (exact) mass is 233 g/mol. The van der Waals surface area contributed by atoms with E-state index in [0.717, 1.165) is 0 Å². The van der Waals surface area contributed by atoms with Crippen LogP contribution in [0, 0.1) is 5.92 Å². The first-order valence-corrected chi connectivity index (χ1v) is 4.87. The third kappa shape index (κ3) is 1.44. The summed E-state index contributed by atoms with van der Waals surface area (Å²) in [4.78, 5) is 11.3. The Labute approximate surface area is 81.2 Å². The molecule has 1 rings (SSSR count). The topological polar surface area (TPSA) is 26.3 Å². The Balaban J connectivity index is 2.83. The second-order valence-electron chi connectivity index (χ2n) is 3.34. The van der Waals surface area contributed by atoms with Gasteiger partial charge in [0.2, 0.25) is 0 Å². The van der Waals surface area contributed by atoms with Gasteiger partial charge in [-0.3, -0.25) is 0 Å². The van der Waals surface area contributed by atoms with Crippen molar-refractivity contribution in [2.24, 2.45) is 5.92 Å². The standard InChI is InChI=1S/C9H13O2Se/c1-4-5-7-8(10)11-6(2)9(7,3)12/h4,6-7H,1,5H2,2-3H3. The van der Waals surface area contributed by atoms with Crippen LogP contribution >= 0.6 is 0 Å². The summed E-state index contributed by atoms with van der Waals surface area (Å²) in [7, 11) is 0. The maximum absolute atomic E-state index is 11.3. The molecule has 3 heteroatoms. The van der Waals surface area contributed by atoms with E-state index in [1.54, 1.807) is 6.08 Å². The van der Waals surface area contributed by atoms with Crippen molar-refractivity contribution in [1.82, 2.24) is 0 Å². The summed E-state index contributed by atoms with van der Waals surface area (Å²) < 4.78 is 4.95. The summed E-state index contributed by atoms with van der Waals surface area (Å²) >= 11 is 3.04. The van der Waals surface area contributed by atoms with Gasteiger partial charge in [0.15, 0.2) is 0 Å². The summed E-state index contributed by atoms with van der Waals surface area (Å²) in [6.45, 7) is 7.55. The van der Waals surface area contributed by atoms with E-state index in [-0.39, 0.29) is 22.3 Å². The van der Waals surface area contributed by atoms with E-state index in [1.165, 1.54) is 0 Å². The van der Waals surface area contributed by atoms with Gasteiger partial charge >= 0.3 is 80.8 Å². The van der Waals surface area contributed by atoms with Crippen LogP contribution in [0.25, 0.3) is 0 Å². The molecule has 1 fully saturated rings. The summed E-state index contributed by atoms with van der Waals surface area (Å²) in [6.07, 6.45) is 2.42. The molecule has 0 aromatic carbocycles. The Kier molecular flexibility index (Phi) is 2.64. The molecule has 67 valence electrons. The van der Waals surface area contributed by atoms with Crippen LogP contribution in [0.2, 0.25) is 4.31 Å². The van der Waals surface area contributed by atoms with Crippen LogP contribution in [0.4, 0.5) is 0 Å². The average molecular weight is 232 g/mol. The van der Waals surface area contributed by atoms with E-state index < -0.39 is 0 Å². The molecular weight excluding hydrogens is 219 g/mol. The van der Waals surface area contributed by atoms with Crippen LogP contribution in [0.15, 0.2) is 12.7 Å². The van der Waals surface area contributed by atoms with Crippen molar-refractivity contribution < 1.29 is 9.53 Å². The van der Waals surface area contributed by atoms with E-state index in [9.17, 15) is 4.79 Å². The van der Waals surface area contributed by atoms with E-state index >= 15 is 0 Å². The number of hydrogen-bond donors (Lipinski definition) is 0. The first-order valence-electron chi connectivity index (χ1n) is 4.02. The van der Waals surface area contributed by atoms with Gasteiger partial charge in [0, 0.05) is 0 Å². The Bertz CT molecular complexity index is 211. The Morgan fingerprint density at radius 3 is 2.75 bits per heavy atom. The first kappa shape index (κ1) is 9.81. The number of carbonyl (C=O) groups is 1. The second kappa shape index (κ2) is 3.23. The number of carbonyl (C=O) groups excluding carboxylic acids is 1. The SMILES string of the molecule is C=CCC1C(=O)OC(C)C1(C)[Se]. The van der Waals surface area contributed by atoms with E-state index in [4.69, 9.17) is 4.74 Å². The fourth-order valence-corrected chi connectivity index (χ4v) is 1.89. The van der Waals surface area contributed by atoms with Crippen molar-refractivity contribution in [3.05, 3.63) is 12.7 Å². The zero-order chi connectivity index (χ0) is 9.35. The van der Waals surface area contributed by atoms with Crippen molar-refractivity contribution in [3.63, 3.8) is 0 Å². The van der Waals surface area contributed by atoms with Gasteiger partial charge in [-0.15, -0.1) is 0 Å². The van der Waals surface area contributed by atoms with Crippen LogP contribution in [0.1, 0.15) is 20.3 Å². The number of hydrogen-bond acceptors (Lipinski definition) is 2. The predicted molar refractivity (Wildman–Crippen MR) is 48.0 cm³/mol. The summed E-state index contributed by atoms with van der Waals surface area (Å²) in [6, 6.07) is 0. The zero-order valence-electron chi connectivity index (χ0n) is 7.37. The van der Waals surface area contributed by atoms with Crippen LogP contribution < -0.4 is 0 Å². The molecule has 0 aromatic rings. The third-order valence-electron chi connectivity index (χ3n) is 2.48. The van der Waals surface area contributed by atoms with Gasteiger partial charge in [-0.25, -0.2) is 0 Å². The van der Waals surface area contributed by atoms with Crippen molar-refractivity contribution in [2.45, 2.75) is 30.7 Å². The van der Waals surface area contributed by atoms with Crippen molar-refractivity contribution in [2.75, 3.05) is 0 Å². The van der Waals surface area contributed by atoms with Gasteiger partial charge in [0.1, 0.15) is 0 Å². The van der Waals surface area contributed by atoms with Crippen LogP contribution in [0.3, 0.4) is 0 Å². The van der Waals surface area contributed by atoms with Gasteiger partial charge in [-0.1, -0.05) is 0 Å². The molecule has 2 nitrogen and oxygen atoms in total. The number of ether oxygens (including phenoxy) is 1. The Morgan fingerprint density at radius 2 is 2.42 bits per heavy atom. The van der Waals surface area contributed by atoms with E-state index in [1.807, 2.05) is 13.8 Å². The Morgan fingerprint density at radius 1 is 1.83 bits per heavy atom. The molecule has 0 N–H and O–H groups in total. The minimum atomic E-state index is -0.175. The third-order valence-corrected chi connectivity index (χ3v) is 3.77. The normalized spacial score (nSPS) is 41.1. The first-order chi connectivity index (χ1) is 5.50. The van der Waals surface area contributed by atoms with E-state index in [2.05, 4.69) is 22.6 Å². The predicted octanol–water partition coefficient (Wildman–Crippen LogP) is 1.47. The molecule has 0 bridgehead atoms. The Hall–Kier alpha value is -0.271. The molecule has 1 heterocycles. The van der Waals surface area contributed by atoms with Crippen molar-refractivity contribution in [3.8, 4) is 0 Å². The molecule has 1 saturated heterocycles. The molecule has 12 heavy (non-hydrogen) atoms. The minimum absolute atomic E-state index is 0.0325. The average Bonchev–Trinajstić information content (AvgIpc) is 2.14. The van der Waals surface area contributed by atoms with Crippen molar-refractivity contribution >= 4 is 22.0 Å². The van der Waals surface area contributed by atoms with E-state index in [0.29, 0.717) is 6.42 Å². The fourth-order valence-electron chi connectivity index (χ4n) is 1.39. The number of esters is 1. The fraction of sp³-hybridized carbons (Fsp3) is 0.667. The molecule has 0 saturated carbocycles. The quantitative estimate of drug-likeness (QED) is 0.409.